The van der Waals surface area contributed by atoms with Crippen LogP contribution in [0.2, 0.25) is 0 Å². The van der Waals surface area contributed by atoms with E-state index in [-0.39, 0.29) is 11.8 Å². The Morgan fingerprint density at radius 3 is 2.84 bits per heavy atom. The monoisotopic (exact) mass is 320 g/mol. The third kappa shape index (κ3) is 3.75. The first-order chi connectivity index (χ1) is 9.04. The topological polar surface area (TPSA) is 84.9 Å². The highest BCUT2D eigenvalue weighted by Gasteiger charge is 2.06. The minimum Gasteiger partial charge on any atom is -0.459 e. The van der Waals surface area contributed by atoms with Crippen LogP contribution >= 0.6 is 15.9 Å². The number of aromatic nitrogens is 2. The molecule has 0 fully saturated rings. The summed E-state index contributed by atoms with van der Waals surface area (Å²) in [5, 5.41) is 7.38. The normalized spacial score (nSPS) is 10.2. The number of aryl methyl sites for hydroxylation is 1. The highest BCUT2D eigenvalue weighted by Crippen LogP contribution is 2.14. The van der Waals surface area contributed by atoms with E-state index >= 15 is 0 Å². The van der Waals surface area contributed by atoms with Crippen molar-refractivity contribution in [2.24, 2.45) is 5.73 Å². The Hall–Kier alpha value is -1.95. The summed E-state index contributed by atoms with van der Waals surface area (Å²) in [6.07, 6.45) is 0. The lowest BCUT2D eigenvalue weighted by Gasteiger charge is -2.07. The summed E-state index contributed by atoms with van der Waals surface area (Å²) < 4.78 is 6.51. The molecule has 6 heteroatoms. The number of ether oxygens (including phenoxy) is 1. The van der Waals surface area contributed by atoms with Gasteiger partial charge in [0, 0.05) is 10.2 Å². The van der Waals surface area contributed by atoms with Crippen molar-refractivity contribution in [3.05, 3.63) is 51.8 Å². The maximum atomic E-state index is 7.38. The van der Waals surface area contributed by atoms with Crippen LogP contribution in [0.4, 0.5) is 0 Å². The van der Waals surface area contributed by atoms with E-state index in [2.05, 4.69) is 25.9 Å². The molecule has 0 spiro atoms. The molecule has 0 aliphatic heterocycles. The minimum absolute atomic E-state index is 0.0993. The third-order valence-corrected chi connectivity index (χ3v) is 2.86. The molecule has 0 aliphatic rings. The first-order valence-electron chi connectivity index (χ1n) is 5.62. The van der Waals surface area contributed by atoms with Crippen molar-refractivity contribution in [2.45, 2.75) is 13.5 Å². The van der Waals surface area contributed by atoms with Gasteiger partial charge >= 0.3 is 6.01 Å². The summed E-state index contributed by atoms with van der Waals surface area (Å²) in [5.41, 5.74) is 7.50. The van der Waals surface area contributed by atoms with Crippen molar-refractivity contribution < 1.29 is 4.74 Å². The van der Waals surface area contributed by atoms with Crippen molar-refractivity contribution in [3.63, 3.8) is 0 Å². The molecule has 0 bridgehead atoms. The van der Waals surface area contributed by atoms with E-state index in [0.29, 0.717) is 18.0 Å². The van der Waals surface area contributed by atoms with E-state index in [1.807, 2.05) is 24.3 Å². The zero-order chi connectivity index (χ0) is 13.8. The van der Waals surface area contributed by atoms with Crippen LogP contribution in [0.1, 0.15) is 17.0 Å². The second-order valence-corrected chi connectivity index (χ2v) is 4.93. The minimum atomic E-state index is -0.0993. The first-order valence-corrected chi connectivity index (χ1v) is 6.41. The summed E-state index contributed by atoms with van der Waals surface area (Å²) in [5.74, 6) is -0.0993. The Kier molecular flexibility index (Phi) is 4.11. The molecule has 0 radical (unpaired) electrons. The molecule has 0 saturated heterocycles. The molecule has 2 aromatic rings. The molecule has 1 heterocycles. The van der Waals surface area contributed by atoms with Gasteiger partial charge in [0.25, 0.3) is 0 Å². The summed E-state index contributed by atoms with van der Waals surface area (Å²) in [7, 11) is 0. The fourth-order valence-corrected chi connectivity index (χ4v) is 1.97. The fraction of sp³-hybridized carbons (Fsp3) is 0.154. The number of nitrogen functional groups attached to an aromatic ring is 1. The van der Waals surface area contributed by atoms with Gasteiger partial charge in [-0.3, -0.25) is 5.41 Å². The third-order valence-electron chi connectivity index (χ3n) is 2.37. The number of nitrogens with one attached hydrogen (secondary N) is 1. The molecule has 3 N–H and O–H groups in total. The van der Waals surface area contributed by atoms with Crippen LogP contribution in [-0.4, -0.2) is 15.8 Å². The Morgan fingerprint density at radius 2 is 2.16 bits per heavy atom. The van der Waals surface area contributed by atoms with E-state index in [9.17, 15) is 0 Å². The Bertz CT molecular complexity index is 615. The molecule has 0 atom stereocenters. The van der Waals surface area contributed by atoms with Crippen molar-refractivity contribution in [2.75, 3.05) is 0 Å². The molecule has 0 aliphatic carbocycles. The van der Waals surface area contributed by atoms with Gasteiger partial charge in [-0.2, -0.15) is 4.98 Å². The Balaban J connectivity index is 2.13. The lowest BCUT2D eigenvalue weighted by molar-refractivity contribution is 0.279. The van der Waals surface area contributed by atoms with Crippen LogP contribution in [0.3, 0.4) is 0 Å². The summed E-state index contributed by atoms with van der Waals surface area (Å²) in [6, 6.07) is 9.66. The fourth-order valence-electron chi connectivity index (χ4n) is 1.52. The quantitative estimate of drug-likeness (QED) is 0.669. The van der Waals surface area contributed by atoms with E-state index in [0.717, 1.165) is 10.0 Å². The van der Waals surface area contributed by atoms with Gasteiger partial charge in [0.1, 0.15) is 18.1 Å². The van der Waals surface area contributed by atoms with Gasteiger partial charge in [0.15, 0.2) is 0 Å². The predicted molar refractivity (Wildman–Crippen MR) is 76.3 cm³/mol. The molecule has 19 heavy (non-hydrogen) atoms. The number of hydrogen-bond donors (Lipinski definition) is 2. The maximum absolute atomic E-state index is 7.38. The number of hydrogen-bond acceptors (Lipinski definition) is 4. The smallest absolute Gasteiger partial charge is 0.317 e. The average Bonchev–Trinajstić information content (AvgIpc) is 2.36. The second-order valence-electron chi connectivity index (χ2n) is 4.01. The van der Waals surface area contributed by atoms with E-state index in [1.54, 1.807) is 13.0 Å². The van der Waals surface area contributed by atoms with Crippen LogP contribution in [0.5, 0.6) is 6.01 Å². The van der Waals surface area contributed by atoms with Crippen molar-refractivity contribution >= 4 is 21.8 Å². The van der Waals surface area contributed by atoms with Crippen molar-refractivity contribution in [3.8, 4) is 6.01 Å². The number of amidine groups is 1. The standard InChI is InChI=1S/C13H13BrN4O/c1-8-5-11(12(15)16)18-13(17-8)19-7-9-3-2-4-10(14)6-9/h2-6H,7H2,1H3,(H3,15,16). The predicted octanol–water partition coefficient (Wildman–Crippen LogP) is 2.41. The first kappa shape index (κ1) is 13.5. The van der Waals surface area contributed by atoms with Crippen LogP contribution in [0.15, 0.2) is 34.8 Å². The molecule has 0 unspecified atom stereocenters. The van der Waals surface area contributed by atoms with Crippen molar-refractivity contribution in [1.82, 2.24) is 9.97 Å². The molecule has 98 valence electrons. The maximum Gasteiger partial charge on any atom is 0.317 e. The second kappa shape index (κ2) is 5.79. The van der Waals surface area contributed by atoms with E-state index < -0.39 is 0 Å². The van der Waals surface area contributed by atoms with E-state index in [4.69, 9.17) is 15.9 Å². The molecule has 5 nitrogen and oxygen atoms in total. The molecule has 1 aromatic carbocycles. The highest BCUT2D eigenvalue weighted by atomic mass is 79.9. The lowest BCUT2D eigenvalue weighted by atomic mass is 10.2. The number of halogens is 1. The van der Waals surface area contributed by atoms with Gasteiger partial charge in [0.2, 0.25) is 0 Å². The molecular formula is C13H13BrN4O. The van der Waals surface area contributed by atoms with Gasteiger partial charge in [-0.05, 0) is 30.7 Å². The van der Waals surface area contributed by atoms with Gasteiger partial charge < -0.3 is 10.5 Å². The molecular weight excluding hydrogens is 308 g/mol. The molecule has 1 aromatic heterocycles. The Morgan fingerprint density at radius 1 is 1.37 bits per heavy atom. The average molecular weight is 321 g/mol. The Labute approximate surface area is 119 Å². The number of nitrogens with two attached hydrogens (primary N) is 1. The van der Waals surface area contributed by atoms with Gasteiger partial charge in [0.05, 0.1) is 0 Å². The number of benzene rings is 1. The molecule has 0 amide bonds. The highest BCUT2D eigenvalue weighted by molar-refractivity contribution is 9.10. The SMILES string of the molecule is Cc1cc(C(=N)N)nc(OCc2cccc(Br)c2)n1. The lowest BCUT2D eigenvalue weighted by Crippen LogP contribution is -2.15. The molecule has 0 saturated carbocycles. The molecule has 2 rings (SSSR count). The van der Waals surface area contributed by atoms with Gasteiger partial charge in [-0.1, -0.05) is 28.1 Å². The van der Waals surface area contributed by atoms with E-state index in [1.165, 1.54) is 0 Å². The van der Waals surface area contributed by atoms with Crippen LogP contribution in [0.25, 0.3) is 0 Å². The summed E-state index contributed by atoms with van der Waals surface area (Å²) in [4.78, 5) is 8.23. The van der Waals surface area contributed by atoms with Crippen LogP contribution < -0.4 is 10.5 Å². The summed E-state index contributed by atoms with van der Waals surface area (Å²) >= 11 is 3.40. The van der Waals surface area contributed by atoms with Crippen molar-refractivity contribution in [1.29, 1.82) is 5.41 Å². The van der Waals surface area contributed by atoms with Crippen LogP contribution in [0, 0.1) is 12.3 Å². The van der Waals surface area contributed by atoms with Gasteiger partial charge in [-0.25, -0.2) is 4.98 Å². The zero-order valence-corrected chi connectivity index (χ0v) is 11.9. The summed E-state index contributed by atoms with van der Waals surface area (Å²) in [6.45, 7) is 2.17. The van der Waals surface area contributed by atoms with Gasteiger partial charge in [-0.15, -0.1) is 0 Å². The largest absolute Gasteiger partial charge is 0.459 e. The zero-order valence-electron chi connectivity index (χ0n) is 10.4. The number of nitrogens with zero attached hydrogens (tertiary/aromatic N) is 2. The van der Waals surface area contributed by atoms with Crippen LogP contribution in [-0.2, 0) is 6.61 Å². The number of rotatable bonds is 4.